The summed E-state index contributed by atoms with van der Waals surface area (Å²) in [5, 5.41) is 4.40. The van der Waals surface area contributed by atoms with Crippen molar-refractivity contribution in [2.75, 3.05) is 32.7 Å². The summed E-state index contributed by atoms with van der Waals surface area (Å²) in [6, 6.07) is 14.8. The maximum absolute atomic E-state index is 12.6. The number of nitrogens with zero attached hydrogens (tertiary/aromatic N) is 1. The highest BCUT2D eigenvalue weighted by Crippen LogP contribution is 2.20. The summed E-state index contributed by atoms with van der Waals surface area (Å²) in [4.78, 5) is 20.3. The molecule has 5 nitrogen and oxygen atoms in total. The molecule has 1 aliphatic rings. The molecule has 1 atom stereocenters. The Labute approximate surface area is 182 Å². The first-order chi connectivity index (χ1) is 14.5. The van der Waals surface area contributed by atoms with E-state index in [1.165, 1.54) is 31.3 Å². The molecule has 1 amide bonds. The summed E-state index contributed by atoms with van der Waals surface area (Å²) in [5.41, 5.74) is 4.83. The zero-order chi connectivity index (χ0) is 21.1. The van der Waals surface area contributed by atoms with Gasteiger partial charge in [0.15, 0.2) is 6.54 Å². The predicted octanol–water partition coefficient (Wildman–Crippen LogP) is 1.07. The van der Waals surface area contributed by atoms with Crippen LogP contribution in [0, 0.1) is 13.8 Å². The molecule has 1 aliphatic heterocycles. The molecule has 0 saturated carbocycles. The van der Waals surface area contributed by atoms with E-state index in [2.05, 4.69) is 62.5 Å². The number of aromatic nitrogens is 1. The summed E-state index contributed by atoms with van der Waals surface area (Å²) < 4.78 is 1.27. The Morgan fingerprint density at radius 1 is 1.07 bits per heavy atom. The van der Waals surface area contributed by atoms with E-state index in [1.807, 2.05) is 6.07 Å². The fourth-order valence-electron chi connectivity index (χ4n) is 4.16. The van der Waals surface area contributed by atoms with E-state index in [4.69, 9.17) is 4.98 Å². The number of para-hydroxylation sites is 1. The highest BCUT2D eigenvalue weighted by atomic mass is 32.1. The highest BCUT2D eigenvalue weighted by molar-refractivity contribution is 7.18. The van der Waals surface area contributed by atoms with Gasteiger partial charge >= 0.3 is 0 Å². The molecule has 3 N–H and O–H groups in total. The summed E-state index contributed by atoms with van der Waals surface area (Å²) in [6.45, 7) is 12.1. The highest BCUT2D eigenvalue weighted by Gasteiger charge is 2.26. The van der Waals surface area contributed by atoms with Crippen molar-refractivity contribution in [2.45, 2.75) is 33.4 Å². The van der Waals surface area contributed by atoms with Gasteiger partial charge in [-0.25, -0.2) is 4.98 Å². The molecule has 0 spiro atoms. The van der Waals surface area contributed by atoms with Gasteiger partial charge in [0.2, 0.25) is 0 Å². The number of aryl methyl sites for hydroxylation is 2. The molecule has 2 heterocycles. The van der Waals surface area contributed by atoms with Crippen LogP contribution in [0.15, 0.2) is 42.5 Å². The summed E-state index contributed by atoms with van der Waals surface area (Å²) in [5.74, 6) is 0.144. The number of piperazine rings is 1. The number of thiazole rings is 1. The lowest BCUT2D eigenvalue weighted by Crippen LogP contribution is -3.28. The van der Waals surface area contributed by atoms with Crippen molar-refractivity contribution in [2.24, 2.45) is 0 Å². The fourth-order valence-corrected chi connectivity index (χ4v) is 5.20. The molecule has 1 aromatic heterocycles. The van der Waals surface area contributed by atoms with Crippen LogP contribution in [0.3, 0.4) is 0 Å². The van der Waals surface area contributed by atoms with Crippen LogP contribution >= 0.6 is 11.3 Å². The lowest BCUT2D eigenvalue weighted by atomic mass is 10.0. The molecule has 1 fully saturated rings. The second-order valence-corrected chi connectivity index (χ2v) is 9.68. The summed E-state index contributed by atoms with van der Waals surface area (Å²) >= 11 is 1.81. The van der Waals surface area contributed by atoms with Crippen LogP contribution < -0.4 is 15.1 Å². The van der Waals surface area contributed by atoms with Gasteiger partial charge in [0.05, 0.1) is 16.3 Å². The Balaban J connectivity index is 1.23. The second-order valence-electron chi connectivity index (χ2n) is 8.56. The SMILES string of the molecule is Cc1ccc([C@H](C)NC(=O)C[NH+]2CC[NH+](Cc3nc4ccccc4s3)CC2)cc1C. The Morgan fingerprint density at radius 3 is 2.53 bits per heavy atom. The third kappa shape index (κ3) is 5.06. The number of hydrogen-bond acceptors (Lipinski definition) is 3. The van der Waals surface area contributed by atoms with Gasteiger partial charge in [0.25, 0.3) is 5.91 Å². The van der Waals surface area contributed by atoms with E-state index in [1.54, 1.807) is 16.2 Å². The monoisotopic (exact) mass is 424 g/mol. The number of hydrogen-bond donors (Lipinski definition) is 3. The average molecular weight is 425 g/mol. The van der Waals surface area contributed by atoms with Crippen LogP contribution in [0.25, 0.3) is 10.2 Å². The number of carbonyl (C=O) groups excluding carboxylic acids is 1. The van der Waals surface area contributed by atoms with Gasteiger partial charge in [-0.3, -0.25) is 4.79 Å². The lowest BCUT2D eigenvalue weighted by molar-refractivity contribution is -1.02. The number of fused-ring (bicyclic) bond motifs is 1. The van der Waals surface area contributed by atoms with Crippen LogP contribution in [-0.4, -0.2) is 43.6 Å². The standard InChI is InChI=1S/C24H30N4OS/c1-17-8-9-20(14-18(17)2)19(3)25-23(29)15-27-10-12-28(13-11-27)16-24-26-21-6-4-5-7-22(21)30-24/h4-9,14,19H,10-13,15-16H2,1-3H3,(H,25,29)/p+2/t19-/m0/s1. The van der Waals surface area contributed by atoms with E-state index < -0.39 is 0 Å². The molecule has 6 heteroatoms. The van der Waals surface area contributed by atoms with Crippen molar-refractivity contribution < 1.29 is 14.6 Å². The minimum absolute atomic E-state index is 0.0437. The van der Waals surface area contributed by atoms with Gasteiger partial charge in [-0.15, -0.1) is 11.3 Å². The van der Waals surface area contributed by atoms with E-state index in [0.29, 0.717) is 6.54 Å². The Bertz CT molecular complexity index is 990. The predicted molar refractivity (Wildman–Crippen MR) is 122 cm³/mol. The number of amides is 1. The van der Waals surface area contributed by atoms with Crippen molar-refractivity contribution in [3.63, 3.8) is 0 Å². The normalized spacial score (nSPS) is 20.2. The number of carbonyl (C=O) groups is 1. The molecule has 30 heavy (non-hydrogen) atoms. The molecule has 2 aromatic carbocycles. The first kappa shape index (κ1) is 21.0. The number of rotatable bonds is 6. The third-order valence-electron chi connectivity index (χ3n) is 6.22. The van der Waals surface area contributed by atoms with Gasteiger partial charge in [0, 0.05) is 0 Å². The molecule has 0 bridgehead atoms. The molecule has 0 unspecified atom stereocenters. The molecular weight excluding hydrogens is 392 g/mol. The van der Waals surface area contributed by atoms with E-state index in [0.717, 1.165) is 38.2 Å². The van der Waals surface area contributed by atoms with Gasteiger partial charge in [-0.05, 0) is 49.6 Å². The Kier molecular flexibility index (Phi) is 6.46. The van der Waals surface area contributed by atoms with Crippen molar-refractivity contribution in [3.05, 3.63) is 64.2 Å². The second kappa shape index (κ2) is 9.25. The minimum Gasteiger partial charge on any atom is -0.345 e. The van der Waals surface area contributed by atoms with E-state index in [9.17, 15) is 4.79 Å². The maximum atomic E-state index is 12.6. The van der Waals surface area contributed by atoms with E-state index >= 15 is 0 Å². The van der Waals surface area contributed by atoms with Crippen molar-refractivity contribution in [3.8, 4) is 0 Å². The minimum atomic E-state index is 0.0437. The first-order valence-corrected chi connectivity index (χ1v) is 11.7. The zero-order valence-electron chi connectivity index (χ0n) is 18.1. The average Bonchev–Trinajstić information content (AvgIpc) is 3.13. The van der Waals surface area contributed by atoms with Crippen molar-refractivity contribution in [1.82, 2.24) is 10.3 Å². The van der Waals surface area contributed by atoms with Gasteiger partial charge in [-0.2, -0.15) is 0 Å². The molecule has 0 radical (unpaired) electrons. The van der Waals surface area contributed by atoms with Gasteiger partial charge in [-0.1, -0.05) is 30.3 Å². The molecular formula is C24H32N4OS+2. The quantitative estimate of drug-likeness (QED) is 0.555. The maximum Gasteiger partial charge on any atom is 0.275 e. The fraction of sp³-hybridized carbons (Fsp3) is 0.417. The Morgan fingerprint density at radius 2 is 1.80 bits per heavy atom. The molecule has 3 aromatic rings. The first-order valence-electron chi connectivity index (χ1n) is 10.9. The van der Waals surface area contributed by atoms with Crippen LogP contribution in [0.2, 0.25) is 0 Å². The van der Waals surface area contributed by atoms with Crippen LogP contribution in [0.1, 0.15) is 34.7 Å². The van der Waals surface area contributed by atoms with Crippen molar-refractivity contribution in [1.29, 1.82) is 0 Å². The topological polar surface area (TPSA) is 50.9 Å². The third-order valence-corrected chi connectivity index (χ3v) is 7.26. The van der Waals surface area contributed by atoms with Crippen LogP contribution in [-0.2, 0) is 11.3 Å². The van der Waals surface area contributed by atoms with E-state index in [-0.39, 0.29) is 11.9 Å². The summed E-state index contributed by atoms with van der Waals surface area (Å²) in [7, 11) is 0. The molecule has 4 rings (SSSR count). The van der Waals surface area contributed by atoms with Gasteiger partial charge in [0.1, 0.15) is 37.7 Å². The molecule has 1 saturated heterocycles. The molecule has 0 aliphatic carbocycles. The largest absolute Gasteiger partial charge is 0.345 e. The van der Waals surface area contributed by atoms with Gasteiger partial charge < -0.3 is 15.1 Å². The molecule has 158 valence electrons. The number of quaternary nitrogens is 2. The number of benzene rings is 2. The summed E-state index contributed by atoms with van der Waals surface area (Å²) in [6.07, 6.45) is 0. The van der Waals surface area contributed by atoms with Crippen LogP contribution in [0.4, 0.5) is 0 Å². The lowest BCUT2D eigenvalue weighted by Gasteiger charge is -2.29. The Hall–Kier alpha value is -2.28. The smallest absolute Gasteiger partial charge is 0.275 e. The zero-order valence-corrected chi connectivity index (χ0v) is 18.9. The number of nitrogens with one attached hydrogen (secondary N) is 3. The van der Waals surface area contributed by atoms with Crippen LogP contribution in [0.5, 0.6) is 0 Å². The van der Waals surface area contributed by atoms with Crippen molar-refractivity contribution >= 4 is 27.5 Å².